The number of aliphatic hydroxyl groups excluding tert-OH is 1. The van der Waals surface area contributed by atoms with Gasteiger partial charge in [0.05, 0.1) is 24.7 Å². The van der Waals surface area contributed by atoms with Gasteiger partial charge < -0.3 is 19.5 Å². The van der Waals surface area contributed by atoms with Crippen LogP contribution in [0.15, 0.2) is 0 Å². The molecule has 0 aliphatic carbocycles. The number of piperidine rings is 1. The van der Waals surface area contributed by atoms with Gasteiger partial charge in [0.1, 0.15) is 5.60 Å². The molecule has 0 saturated carbocycles. The number of nitrogens with zero attached hydrogens (tertiary/aromatic N) is 1. The van der Waals surface area contributed by atoms with Gasteiger partial charge in [-0.05, 0) is 20.8 Å². The molecule has 98 valence electrons. The molecular weight excluding hydrogens is 222 g/mol. The zero-order valence-corrected chi connectivity index (χ0v) is 9.85. The van der Waals surface area contributed by atoms with Crippen molar-refractivity contribution < 1.29 is 30.3 Å². The molecule has 0 aromatic carbocycles. The molecule has 0 spiro atoms. The van der Waals surface area contributed by atoms with Crippen LogP contribution < -0.4 is 0 Å². The number of aliphatic hydroxyl groups is 1. The number of carbonyl (C=O) groups excluding carboxylic acids is 1. The lowest BCUT2D eigenvalue weighted by molar-refractivity contribution is -0.122. The fraction of sp³-hybridized carbons (Fsp3) is 0.917. The van der Waals surface area contributed by atoms with Gasteiger partial charge in [-0.2, -0.15) is 0 Å². The standard InChI is InChI=1S/C12H21NO4/c1-12(2,3)17-11(15)13-4-8-6-16-7-9(5-13)10(8)14/h8-10,14H,4-7H2,1-3H3/i4D2,5D2,6D2,7D2. The molecule has 2 rings (SSSR count). The fourth-order valence-electron chi connectivity index (χ4n) is 1.43. The normalized spacial score (nSPS) is 52.2. The first-order chi connectivity index (χ1) is 10.9. The molecule has 1 N–H and O–H groups in total. The molecule has 2 atom stereocenters. The fourth-order valence-corrected chi connectivity index (χ4v) is 1.43. The van der Waals surface area contributed by atoms with Crippen molar-refractivity contribution in [2.75, 3.05) is 26.1 Å². The van der Waals surface area contributed by atoms with Crippen LogP contribution in [0.1, 0.15) is 31.7 Å². The molecule has 5 nitrogen and oxygen atoms in total. The Bertz CT molecular complexity index is 542. The summed E-state index contributed by atoms with van der Waals surface area (Å²) in [6, 6.07) is 0. The lowest BCUT2D eigenvalue weighted by Crippen LogP contribution is -2.57. The summed E-state index contributed by atoms with van der Waals surface area (Å²) in [5.41, 5.74) is -1.09. The van der Waals surface area contributed by atoms with E-state index in [0.29, 0.717) is 0 Å². The highest BCUT2D eigenvalue weighted by Crippen LogP contribution is 2.28. The van der Waals surface area contributed by atoms with Crippen LogP contribution >= 0.6 is 0 Å². The van der Waals surface area contributed by atoms with Gasteiger partial charge in [-0.1, -0.05) is 0 Å². The largest absolute Gasteiger partial charge is 0.444 e. The summed E-state index contributed by atoms with van der Waals surface area (Å²) in [5.74, 6) is -4.07. The van der Waals surface area contributed by atoms with Crippen molar-refractivity contribution in [3.05, 3.63) is 0 Å². The summed E-state index contributed by atoms with van der Waals surface area (Å²) in [4.78, 5) is 12.5. The Balaban J connectivity index is 2.63. The van der Waals surface area contributed by atoms with Gasteiger partial charge in [-0.15, -0.1) is 0 Å². The molecule has 2 aliphatic rings. The molecule has 2 unspecified atom stereocenters. The van der Waals surface area contributed by atoms with Crippen LogP contribution in [-0.2, 0) is 9.47 Å². The lowest BCUT2D eigenvalue weighted by Gasteiger charge is -2.44. The van der Waals surface area contributed by atoms with E-state index in [4.69, 9.17) is 15.7 Å². The summed E-state index contributed by atoms with van der Waals surface area (Å²) >= 11 is 0. The second kappa shape index (κ2) is 4.46. The Morgan fingerprint density at radius 1 is 1.41 bits per heavy atom. The predicted octanol–water partition coefficient (Wildman–Crippen LogP) is 0.861. The Hall–Kier alpha value is -0.810. The van der Waals surface area contributed by atoms with Gasteiger partial charge in [0, 0.05) is 30.3 Å². The highest BCUT2D eigenvalue weighted by molar-refractivity contribution is 5.68. The van der Waals surface area contributed by atoms with Crippen LogP contribution in [0.25, 0.3) is 0 Å². The van der Waals surface area contributed by atoms with E-state index in [9.17, 15) is 9.90 Å². The Labute approximate surface area is 113 Å². The third-order valence-corrected chi connectivity index (χ3v) is 2.17. The number of likely N-dealkylation sites (tertiary alicyclic amines) is 1. The highest BCUT2D eigenvalue weighted by atomic mass is 16.6. The third-order valence-electron chi connectivity index (χ3n) is 2.17. The maximum atomic E-state index is 12.5. The van der Waals surface area contributed by atoms with Gasteiger partial charge in [0.2, 0.25) is 0 Å². The van der Waals surface area contributed by atoms with Crippen molar-refractivity contribution in [2.45, 2.75) is 32.5 Å². The summed E-state index contributed by atoms with van der Waals surface area (Å²) in [5, 5.41) is 10.3. The SMILES string of the molecule is [2H]C1([2H])OC([2H])([2H])C2C(O)C1C([2H])([2H])N(C(=O)OC(C)(C)C)C2([2H])[2H]. The van der Waals surface area contributed by atoms with Gasteiger partial charge in [-0.3, -0.25) is 0 Å². The minimum Gasteiger partial charge on any atom is -0.444 e. The first kappa shape index (κ1) is 5.89. The minimum atomic E-state index is -3.04. The molecule has 2 fully saturated rings. The first-order valence-electron chi connectivity index (χ1n) is 9.27. The van der Waals surface area contributed by atoms with Crippen molar-refractivity contribution in [3.63, 3.8) is 0 Å². The zero-order chi connectivity index (χ0) is 19.8. The van der Waals surface area contributed by atoms with Gasteiger partial charge in [-0.25, -0.2) is 4.79 Å². The van der Waals surface area contributed by atoms with Crippen LogP contribution in [0.5, 0.6) is 0 Å². The quantitative estimate of drug-likeness (QED) is 0.694. The van der Waals surface area contributed by atoms with Crippen molar-refractivity contribution in [2.24, 2.45) is 11.8 Å². The molecule has 0 aromatic heterocycles. The van der Waals surface area contributed by atoms with Crippen molar-refractivity contribution in [1.29, 1.82) is 0 Å². The number of rotatable bonds is 0. The third kappa shape index (κ3) is 2.90. The molecule has 2 saturated heterocycles. The van der Waals surface area contributed by atoms with E-state index < -0.39 is 55.7 Å². The molecule has 1 amide bonds. The van der Waals surface area contributed by atoms with Gasteiger partial charge in [0.15, 0.2) is 0 Å². The number of carbonyl (C=O) groups is 1. The number of fused-ring (bicyclic) bond motifs is 2. The second-order valence-corrected chi connectivity index (χ2v) is 4.86. The summed E-state index contributed by atoms with van der Waals surface area (Å²) in [7, 11) is 0. The summed E-state index contributed by atoms with van der Waals surface area (Å²) in [6.45, 7) is -7.60. The van der Waals surface area contributed by atoms with Crippen molar-refractivity contribution in [1.82, 2.24) is 4.90 Å². The summed E-state index contributed by atoms with van der Waals surface area (Å²) < 4.78 is 73.3. The smallest absolute Gasteiger partial charge is 0.410 e. The maximum Gasteiger partial charge on any atom is 0.410 e. The molecular formula is C12H21NO4. The lowest BCUT2D eigenvalue weighted by atomic mass is 9.85. The van der Waals surface area contributed by atoms with Crippen molar-refractivity contribution in [3.8, 4) is 0 Å². The van der Waals surface area contributed by atoms with Crippen LogP contribution in [0, 0.1) is 11.8 Å². The van der Waals surface area contributed by atoms with E-state index in [1.54, 1.807) is 0 Å². The van der Waals surface area contributed by atoms with Crippen LogP contribution in [0.2, 0.25) is 0 Å². The molecule has 0 aromatic rings. The van der Waals surface area contributed by atoms with E-state index in [2.05, 4.69) is 4.74 Å². The zero-order valence-electron chi connectivity index (χ0n) is 17.9. The van der Waals surface area contributed by atoms with E-state index in [0.717, 1.165) is 0 Å². The van der Waals surface area contributed by atoms with Gasteiger partial charge in [0.25, 0.3) is 0 Å². The Morgan fingerprint density at radius 3 is 2.41 bits per heavy atom. The first-order valence-corrected chi connectivity index (χ1v) is 5.27. The highest BCUT2D eigenvalue weighted by Gasteiger charge is 2.41. The molecule has 17 heavy (non-hydrogen) atoms. The van der Waals surface area contributed by atoms with Crippen molar-refractivity contribution >= 4 is 6.09 Å². The van der Waals surface area contributed by atoms with E-state index in [1.165, 1.54) is 20.8 Å². The molecule has 2 bridgehead atoms. The number of amides is 1. The number of hydrogen-bond acceptors (Lipinski definition) is 4. The summed E-state index contributed by atoms with van der Waals surface area (Å²) in [6.07, 6.45) is -3.49. The number of hydrogen-bond donors (Lipinski definition) is 1. The van der Waals surface area contributed by atoms with Crippen LogP contribution in [0.4, 0.5) is 4.79 Å². The average molecular weight is 251 g/mol. The van der Waals surface area contributed by atoms with E-state index in [-0.39, 0.29) is 4.90 Å². The Kier molecular flexibility index (Phi) is 1.54. The van der Waals surface area contributed by atoms with Gasteiger partial charge >= 0.3 is 6.09 Å². The topological polar surface area (TPSA) is 59.0 Å². The average Bonchev–Trinajstić information content (AvgIpc) is 2.16. The van der Waals surface area contributed by atoms with E-state index >= 15 is 0 Å². The Morgan fingerprint density at radius 2 is 1.94 bits per heavy atom. The second-order valence-electron chi connectivity index (χ2n) is 4.86. The maximum absolute atomic E-state index is 12.5. The molecule has 0 radical (unpaired) electrons. The van der Waals surface area contributed by atoms with Crippen LogP contribution in [-0.4, -0.2) is 53.9 Å². The predicted molar refractivity (Wildman–Crippen MR) is 61.6 cm³/mol. The molecule has 2 aliphatic heterocycles. The molecule has 5 heteroatoms. The van der Waals surface area contributed by atoms with E-state index in [1.807, 2.05) is 0 Å². The minimum absolute atomic E-state index is 0.0332. The van der Waals surface area contributed by atoms with Crippen LogP contribution in [0.3, 0.4) is 0 Å². The molecule has 2 heterocycles. The monoisotopic (exact) mass is 251 g/mol. The number of ether oxygens (including phenoxy) is 2.